The lowest BCUT2D eigenvalue weighted by Crippen LogP contribution is -2.68. The van der Waals surface area contributed by atoms with Crippen LogP contribution in [-0.4, -0.2) is 81.4 Å². The second-order valence-electron chi connectivity index (χ2n) is 8.73. The predicted molar refractivity (Wildman–Crippen MR) is 108 cm³/mol. The molecular formula is C18H35N2O9P. The topological polar surface area (TPSA) is 135 Å². The van der Waals surface area contributed by atoms with Crippen LogP contribution >= 0.6 is 7.60 Å². The van der Waals surface area contributed by atoms with E-state index in [9.17, 15) is 24.4 Å². The highest BCUT2D eigenvalue weighted by Gasteiger charge is 2.57. The largest absolute Gasteiger partial charge is 0.442 e. The van der Waals surface area contributed by atoms with E-state index in [-0.39, 0.29) is 13.2 Å². The molecule has 2 amide bonds. The molecule has 2 N–H and O–H groups in total. The van der Waals surface area contributed by atoms with Gasteiger partial charge in [-0.25, -0.2) is 14.6 Å². The first-order chi connectivity index (χ1) is 13.6. The maximum Gasteiger partial charge on any atom is 0.430 e. The summed E-state index contributed by atoms with van der Waals surface area (Å²) < 4.78 is 34.8. The quantitative estimate of drug-likeness (QED) is 0.601. The third-order valence-electron chi connectivity index (χ3n) is 3.70. The van der Waals surface area contributed by atoms with Gasteiger partial charge in [-0.15, -0.1) is 0 Å². The van der Waals surface area contributed by atoms with Crippen molar-refractivity contribution in [1.82, 2.24) is 10.0 Å². The van der Waals surface area contributed by atoms with Crippen LogP contribution in [0.2, 0.25) is 0 Å². The van der Waals surface area contributed by atoms with Crippen LogP contribution in [0, 0.1) is 0 Å². The fraction of sp³-hybridized carbons (Fsp3) is 0.889. The summed E-state index contributed by atoms with van der Waals surface area (Å²) in [6.07, 6.45) is -5.36. The Bertz CT molecular complexity index is 649. The summed E-state index contributed by atoms with van der Waals surface area (Å²) in [5.41, 5.74) is -1.89. The first-order valence-electron chi connectivity index (χ1n) is 9.84. The zero-order valence-corrected chi connectivity index (χ0v) is 19.8. The van der Waals surface area contributed by atoms with Crippen LogP contribution < -0.4 is 0 Å². The molecule has 176 valence electrons. The van der Waals surface area contributed by atoms with Gasteiger partial charge in [-0.3, -0.25) is 4.57 Å². The molecule has 0 spiro atoms. The molecule has 12 heteroatoms. The van der Waals surface area contributed by atoms with Crippen LogP contribution in [-0.2, 0) is 23.1 Å². The number of aliphatic hydroxyl groups is 2. The van der Waals surface area contributed by atoms with Gasteiger partial charge in [0.15, 0.2) is 5.78 Å². The Kier molecular flexibility index (Phi) is 8.73. The molecule has 1 aliphatic heterocycles. The minimum absolute atomic E-state index is 0.0643. The van der Waals surface area contributed by atoms with Crippen molar-refractivity contribution < 1.29 is 42.9 Å². The van der Waals surface area contributed by atoms with Crippen LogP contribution in [0.5, 0.6) is 0 Å². The monoisotopic (exact) mass is 454 g/mol. The van der Waals surface area contributed by atoms with Gasteiger partial charge in [0.25, 0.3) is 0 Å². The number of aliphatic hydroxyl groups excluding tert-OH is 2. The van der Waals surface area contributed by atoms with E-state index in [1.165, 1.54) is 0 Å². The number of amides is 2. The van der Waals surface area contributed by atoms with E-state index in [4.69, 9.17) is 18.5 Å². The minimum Gasteiger partial charge on any atom is -0.442 e. The number of hydrazine groups is 1. The Morgan fingerprint density at radius 3 is 1.77 bits per heavy atom. The Balaban J connectivity index is 3.55. The molecule has 11 nitrogen and oxygen atoms in total. The van der Waals surface area contributed by atoms with Crippen molar-refractivity contribution >= 4 is 19.8 Å². The number of carbonyl (C=O) groups is 2. The van der Waals surface area contributed by atoms with E-state index >= 15 is 0 Å². The fourth-order valence-corrected chi connectivity index (χ4v) is 4.88. The summed E-state index contributed by atoms with van der Waals surface area (Å²) >= 11 is 0. The van der Waals surface area contributed by atoms with Crippen molar-refractivity contribution in [1.29, 1.82) is 0 Å². The van der Waals surface area contributed by atoms with Gasteiger partial charge in [0, 0.05) is 0 Å². The third-order valence-corrected chi connectivity index (χ3v) is 6.11. The molecule has 0 aromatic rings. The number of nitrogens with zero attached hydrogens (tertiary/aromatic N) is 2. The number of rotatable bonds is 5. The van der Waals surface area contributed by atoms with Crippen molar-refractivity contribution in [3.05, 3.63) is 0 Å². The molecule has 30 heavy (non-hydrogen) atoms. The lowest BCUT2D eigenvalue weighted by atomic mass is 10.1. The van der Waals surface area contributed by atoms with Crippen molar-refractivity contribution in [2.75, 3.05) is 19.8 Å². The fourth-order valence-electron chi connectivity index (χ4n) is 2.72. The highest BCUT2D eigenvalue weighted by atomic mass is 31.2. The number of carbonyl (C=O) groups excluding carboxylic acids is 2. The average molecular weight is 454 g/mol. The first-order valence-corrected chi connectivity index (χ1v) is 11.4. The Hall–Kier alpha value is -1.39. The van der Waals surface area contributed by atoms with Crippen LogP contribution in [0.25, 0.3) is 0 Å². The highest BCUT2D eigenvalue weighted by molar-refractivity contribution is 7.54. The van der Waals surface area contributed by atoms with E-state index < -0.39 is 55.5 Å². The maximum absolute atomic E-state index is 13.5. The van der Waals surface area contributed by atoms with Gasteiger partial charge in [0.05, 0.1) is 19.8 Å². The number of hydrogen-bond acceptors (Lipinski definition) is 9. The predicted octanol–water partition coefficient (Wildman–Crippen LogP) is 2.70. The molecule has 3 atom stereocenters. The summed E-state index contributed by atoms with van der Waals surface area (Å²) in [5, 5.41) is 22.5. The standard InChI is InChI=1S/C18H35N2O9P/c1-9-26-30(25,27-10-2)14-13(22)12(21)11-19(15(23)28-17(3,4)5)20(14)16(24)29-18(6,7)8/h12-14,21-22H,9-11H2,1-8H3/t12-,13-,14+/m0/s1. The molecule has 0 aromatic heterocycles. The molecule has 1 fully saturated rings. The molecule has 0 aromatic carbocycles. The van der Waals surface area contributed by atoms with Crippen LogP contribution in [0.3, 0.4) is 0 Å². The average Bonchev–Trinajstić information content (AvgIpc) is 2.53. The summed E-state index contributed by atoms with van der Waals surface area (Å²) in [6.45, 7) is 12.2. The van der Waals surface area contributed by atoms with E-state index in [0.29, 0.717) is 5.01 Å². The summed E-state index contributed by atoms with van der Waals surface area (Å²) in [6, 6.07) is 0. The second kappa shape index (κ2) is 9.82. The Morgan fingerprint density at radius 2 is 1.37 bits per heavy atom. The second-order valence-corrected chi connectivity index (χ2v) is 10.9. The lowest BCUT2D eigenvalue weighted by molar-refractivity contribution is -0.151. The van der Waals surface area contributed by atoms with Crippen molar-refractivity contribution in [2.24, 2.45) is 0 Å². The molecule has 0 unspecified atom stereocenters. The van der Waals surface area contributed by atoms with Crippen LogP contribution in [0.4, 0.5) is 9.59 Å². The maximum atomic E-state index is 13.5. The van der Waals surface area contributed by atoms with Gasteiger partial charge in [-0.05, 0) is 55.4 Å². The lowest BCUT2D eigenvalue weighted by Gasteiger charge is -2.48. The van der Waals surface area contributed by atoms with Gasteiger partial charge in [0.2, 0.25) is 0 Å². The summed E-state index contributed by atoms with van der Waals surface area (Å²) in [7, 11) is -4.23. The number of ether oxygens (including phenoxy) is 2. The number of hydrogen-bond donors (Lipinski definition) is 2. The molecule has 1 aliphatic rings. The summed E-state index contributed by atoms with van der Waals surface area (Å²) in [4.78, 5) is 25.9. The van der Waals surface area contributed by atoms with Gasteiger partial charge >= 0.3 is 19.8 Å². The molecule has 1 rings (SSSR count). The molecule has 1 saturated heterocycles. The number of β-amino-alcohol motifs (C(OH)–C–C–N with tert-alkyl or cyclic N) is 1. The summed E-state index contributed by atoms with van der Waals surface area (Å²) in [5.74, 6) is -1.73. The van der Waals surface area contributed by atoms with E-state index in [0.717, 1.165) is 5.01 Å². The van der Waals surface area contributed by atoms with Crippen molar-refractivity contribution in [3.63, 3.8) is 0 Å². The zero-order chi connectivity index (χ0) is 23.5. The zero-order valence-electron chi connectivity index (χ0n) is 18.9. The Labute approximate surface area is 177 Å². The molecule has 1 heterocycles. The van der Waals surface area contributed by atoms with Gasteiger partial charge < -0.3 is 28.7 Å². The van der Waals surface area contributed by atoms with Crippen LogP contribution in [0.15, 0.2) is 0 Å². The first kappa shape index (κ1) is 26.6. The normalized spacial score (nSPS) is 23.3. The van der Waals surface area contributed by atoms with Gasteiger partial charge in [-0.1, -0.05) is 0 Å². The molecule has 0 radical (unpaired) electrons. The Morgan fingerprint density at radius 1 is 0.933 bits per heavy atom. The molecule has 0 bridgehead atoms. The minimum atomic E-state index is -4.23. The third kappa shape index (κ3) is 6.81. The van der Waals surface area contributed by atoms with Gasteiger partial charge in [0.1, 0.15) is 23.4 Å². The smallest absolute Gasteiger partial charge is 0.430 e. The van der Waals surface area contributed by atoms with Crippen LogP contribution in [0.1, 0.15) is 55.4 Å². The van der Waals surface area contributed by atoms with E-state index in [2.05, 4.69) is 0 Å². The highest BCUT2D eigenvalue weighted by Crippen LogP contribution is 2.57. The van der Waals surface area contributed by atoms with E-state index in [1.54, 1.807) is 55.4 Å². The van der Waals surface area contributed by atoms with E-state index in [1.807, 2.05) is 0 Å². The van der Waals surface area contributed by atoms with Crippen molar-refractivity contribution in [3.8, 4) is 0 Å². The SMILES string of the molecule is CCOP(=O)(OCC)[C@@H]1[C@@H](O)[C@@H](O)CN(C(=O)OC(C)(C)C)N1C(=O)OC(C)(C)C. The molecule has 0 saturated carbocycles. The molecular weight excluding hydrogens is 419 g/mol. The molecule has 0 aliphatic carbocycles. The van der Waals surface area contributed by atoms with Crippen molar-refractivity contribution in [2.45, 2.75) is 84.6 Å². The van der Waals surface area contributed by atoms with Gasteiger partial charge in [-0.2, -0.15) is 5.01 Å².